The van der Waals surface area contributed by atoms with Gasteiger partial charge in [-0.1, -0.05) is 36.3 Å². The maximum absolute atomic E-state index is 11.6. The van der Waals surface area contributed by atoms with E-state index in [9.17, 15) is 4.79 Å². The molecule has 1 rings (SSSR count). The third-order valence-electron chi connectivity index (χ3n) is 2.17. The molecule has 0 spiro atoms. The number of alkyl carbamates (subject to hydrolysis) is 1. The third kappa shape index (κ3) is 5.40. The van der Waals surface area contributed by atoms with E-state index in [2.05, 4.69) is 11.2 Å². The van der Waals surface area contributed by atoms with Gasteiger partial charge in [-0.3, -0.25) is 0 Å². The fourth-order valence-corrected chi connectivity index (χ4v) is 1.45. The van der Waals surface area contributed by atoms with E-state index in [-0.39, 0.29) is 6.04 Å². The minimum absolute atomic E-state index is 0.359. The summed E-state index contributed by atoms with van der Waals surface area (Å²) in [4.78, 5) is 11.6. The van der Waals surface area contributed by atoms with Gasteiger partial charge < -0.3 is 10.1 Å². The number of ether oxygens (including phenoxy) is 1. The van der Waals surface area contributed by atoms with E-state index >= 15 is 0 Å². The summed E-state index contributed by atoms with van der Waals surface area (Å²) in [7, 11) is 0. The van der Waals surface area contributed by atoms with Gasteiger partial charge in [-0.25, -0.2) is 4.79 Å². The van der Waals surface area contributed by atoms with Crippen molar-refractivity contribution in [3.05, 3.63) is 35.9 Å². The Morgan fingerprint density at radius 1 is 1.39 bits per heavy atom. The fourth-order valence-electron chi connectivity index (χ4n) is 1.45. The molecule has 0 aliphatic heterocycles. The molecular formula is C15H19NO2. The van der Waals surface area contributed by atoms with E-state index in [0.29, 0.717) is 6.42 Å². The number of benzene rings is 1. The summed E-state index contributed by atoms with van der Waals surface area (Å²) in [5.74, 6) is 2.56. The highest BCUT2D eigenvalue weighted by Crippen LogP contribution is 2.08. The number of hydrogen-bond donors (Lipinski definition) is 1. The first kappa shape index (κ1) is 14.1. The lowest BCUT2D eigenvalue weighted by Gasteiger charge is -2.21. The van der Waals surface area contributed by atoms with Crippen LogP contribution in [0.3, 0.4) is 0 Å². The second kappa shape index (κ2) is 6.11. The molecule has 0 aliphatic carbocycles. The lowest BCUT2D eigenvalue weighted by molar-refractivity contribution is 0.0516. The topological polar surface area (TPSA) is 38.3 Å². The van der Waals surface area contributed by atoms with Crippen LogP contribution in [0.5, 0.6) is 0 Å². The van der Waals surface area contributed by atoms with Crippen molar-refractivity contribution in [2.75, 3.05) is 0 Å². The van der Waals surface area contributed by atoms with E-state index in [4.69, 9.17) is 11.2 Å². The van der Waals surface area contributed by atoms with Crippen LogP contribution in [0.2, 0.25) is 0 Å². The molecule has 1 amide bonds. The largest absolute Gasteiger partial charge is 0.444 e. The lowest BCUT2D eigenvalue weighted by atomic mass is 10.1. The van der Waals surface area contributed by atoms with Crippen LogP contribution in [-0.4, -0.2) is 17.7 Å². The molecule has 0 saturated heterocycles. The predicted octanol–water partition coefficient (Wildman–Crippen LogP) is 2.76. The molecule has 0 radical (unpaired) electrons. The van der Waals surface area contributed by atoms with Crippen molar-refractivity contribution in [1.29, 1.82) is 0 Å². The van der Waals surface area contributed by atoms with Crippen molar-refractivity contribution in [2.24, 2.45) is 0 Å². The van der Waals surface area contributed by atoms with Crippen LogP contribution < -0.4 is 5.32 Å². The highest BCUT2D eigenvalue weighted by molar-refractivity contribution is 5.68. The van der Waals surface area contributed by atoms with Gasteiger partial charge >= 0.3 is 6.09 Å². The molecule has 0 heterocycles. The van der Waals surface area contributed by atoms with Crippen molar-refractivity contribution in [3.63, 3.8) is 0 Å². The van der Waals surface area contributed by atoms with E-state index < -0.39 is 11.7 Å². The van der Waals surface area contributed by atoms with Crippen molar-refractivity contribution >= 4 is 6.09 Å². The lowest BCUT2D eigenvalue weighted by Crippen LogP contribution is -2.39. The maximum Gasteiger partial charge on any atom is 0.408 e. The first-order valence-electron chi connectivity index (χ1n) is 5.90. The van der Waals surface area contributed by atoms with Gasteiger partial charge in [-0.15, -0.1) is 6.42 Å². The Hall–Kier alpha value is -1.95. The number of nitrogens with one attached hydrogen (secondary N) is 1. The Bertz CT molecular complexity index is 426. The molecule has 3 heteroatoms. The Morgan fingerprint density at radius 3 is 2.50 bits per heavy atom. The molecule has 1 atom stereocenters. The average Bonchev–Trinajstić information content (AvgIpc) is 2.27. The van der Waals surface area contributed by atoms with Gasteiger partial charge in [-0.05, 0) is 26.3 Å². The zero-order chi connectivity index (χ0) is 13.6. The summed E-state index contributed by atoms with van der Waals surface area (Å²) < 4.78 is 5.16. The number of rotatable bonds is 3. The van der Waals surface area contributed by atoms with Crippen LogP contribution in [0.4, 0.5) is 4.79 Å². The minimum atomic E-state index is -0.518. The van der Waals surface area contributed by atoms with Crippen LogP contribution in [-0.2, 0) is 11.2 Å². The zero-order valence-corrected chi connectivity index (χ0v) is 11.1. The summed E-state index contributed by atoms with van der Waals surface area (Å²) in [6.07, 6.45) is 5.52. The van der Waals surface area contributed by atoms with E-state index in [0.717, 1.165) is 5.56 Å². The van der Waals surface area contributed by atoms with Crippen LogP contribution in [0, 0.1) is 12.3 Å². The molecule has 18 heavy (non-hydrogen) atoms. The average molecular weight is 245 g/mol. The predicted molar refractivity (Wildman–Crippen MR) is 72.1 cm³/mol. The summed E-state index contributed by atoms with van der Waals surface area (Å²) in [5.41, 5.74) is 0.562. The molecule has 1 aromatic carbocycles. The normalized spacial score (nSPS) is 12.3. The monoisotopic (exact) mass is 245 g/mol. The molecule has 0 saturated carbocycles. The second-order valence-corrected chi connectivity index (χ2v) is 5.06. The number of terminal acetylenes is 1. The van der Waals surface area contributed by atoms with Gasteiger partial charge in [0.1, 0.15) is 5.60 Å². The van der Waals surface area contributed by atoms with Crippen LogP contribution in [0.1, 0.15) is 26.3 Å². The highest BCUT2D eigenvalue weighted by Gasteiger charge is 2.18. The molecule has 0 unspecified atom stereocenters. The molecule has 0 bridgehead atoms. The van der Waals surface area contributed by atoms with Gasteiger partial charge in [0.15, 0.2) is 0 Å². The standard InChI is InChI=1S/C15H19NO2/c1-5-13(11-12-9-7-6-8-10-12)16-14(17)18-15(2,3)4/h1,6-10,13H,11H2,2-4H3,(H,16,17)/t13-/m0/s1. The minimum Gasteiger partial charge on any atom is -0.444 e. The number of amides is 1. The summed E-state index contributed by atoms with van der Waals surface area (Å²) in [6.45, 7) is 5.44. The SMILES string of the molecule is C#C[C@@H](Cc1ccccc1)NC(=O)OC(C)(C)C. The van der Waals surface area contributed by atoms with E-state index in [1.54, 1.807) is 0 Å². The summed E-state index contributed by atoms with van der Waals surface area (Å²) in [5, 5.41) is 2.67. The van der Waals surface area contributed by atoms with Gasteiger partial charge in [0, 0.05) is 6.42 Å². The molecule has 3 nitrogen and oxygen atoms in total. The van der Waals surface area contributed by atoms with Crippen LogP contribution >= 0.6 is 0 Å². The maximum atomic E-state index is 11.6. The van der Waals surface area contributed by atoms with Crippen molar-refractivity contribution in [1.82, 2.24) is 5.32 Å². The van der Waals surface area contributed by atoms with Crippen molar-refractivity contribution < 1.29 is 9.53 Å². The first-order chi connectivity index (χ1) is 8.40. The Balaban J connectivity index is 2.54. The first-order valence-corrected chi connectivity index (χ1v) is 5.90. The molecule has 0 aliphatic rings. The second-order valence-electron chi connectivity index (χ2n) is 5.06. The van der Waals surface area contributed by atoms with Gasteiger partial charge in [-0.2, -0.15) is 0 Å². The molecule has 1 aromatic rings. The van der Waals surface area contributed by atoms with Crippen molar-refractivity contribution in [3.8, 4) is 12.3 Å². The number of hydrogen-bond acceptors (Lipinski definition) is 2. The summed E-state index contributed by atoms with van der Waals surface area (Å²) >= 11 is 0. The molecular weight excluding hydrogens is 226 g/mol. The zero-order valence-electron chi connectivity index (χ0n) is 11.1. The fraction of sp³-hybridized carbons (Fsp3) is 0.400. The molecule has 1 N–H and O–H groups in total. The Kier molecular flexibility index (Phi) is 4.79. The van der Waals surface area contributed by atoms with E-state index in [1.165, 1.54) is 0 Å². The van der Waals surface area contributed by atoms with Gasteiger partial charge in [0.05, 0.1) is 6.04 Å². The Morgan fingerprint density at radius 2 is 2.00 bits per heavy atom. The molecule has 96 valence electrons. The van der Waals surface area contributed by atoms with Gasteiger partial charge in [0.25, 0.3) is 0 Å². The Labute approximate surface area is 109 Å². The quantitative estimate of drug-likeness (QED) is 0.832. The van der Waals surface area contributed by atoms with E-state index in [1.807, 2.05) is 51.1 Å². The smallest absolute Gasteiger partial charge is 0.408 e. The van der Waals surface area contributed by atoms with Gasteiger partial charge in [0.2, 0.25) is 0 Å². The third-order valence-corrected chi connectivity index (χ3v) is 2.17. The summed E-state index contributed by atoms with van der Waals surface area (Å²) in [6, 6.07) is 9.41. The van der Waals surface area contributed by atoms with Crippen LogP contribution in [0.25, 0.3) is 0 Å². The van der Waals surface area contributed by atoms with Crippen LogP contribution in [0.15, 0.2) is 30.3 Å². The number of carbonyl (C=O) groups excluding carboxylic acids is 1. The highest BCUT2D eigenvalue weighted by atomic mass is 16.6. The molecule has 0 fully saturated rings. The van der Waals surface area contributed by atoms with Crippen molar-refractivity contribution in [2.45, 2.75) is 38.8 Å². The number of carbonyl (C=O) groups is 1. The molecule has 0 aromatic heterocycles.